The van der Waals surface area contributed by atoms with Crippen molar-refractivity contribution in [1.82, 2.24) is 5.32 Å². The predicted octanol–water partition coefficient (Wildman–Crippen LogP) is 2.49. The molecule has 3 heteroatoms. The number of carboxylic acids is 1. The maximum atomic E-state index is 11.2. The van der Waals surface area contributed by atoms with E-state index in [1.54, 1.807) is 12.1 Å². The molecule has 92 valence electrons. The zero-order valence-electron chi connectivity index (χ0n) is 10.1. The van der Waals surface area contributed by atoms with Gasteiger partial charge in [0.15, 0.2) is 0 Å². The molecule has 1 saturated heterocycles. The van der Waals surface area contributed by atoms with Crippen molar-refractivity contribution in [2.75, 3.05) is 13.1 Å². The van der Waals surface area contributed by atoms with E-state index < -0.39 is 5.97 Å². The number of carbonyl (C=O) groups is 1. The van der Waals surface area contributed by atoms with Gasteiger partial charge in [0.1, 0.15) is 0 Å². The molecule has 0 amide bonds. The molecule has 0 spiro atoms. The van der Waals surface area contributed by atoms with Gasteiger partial charge in [0.05, 0.1) is 5.56 Å². The molecule has 17 heavy (non-hydrogen) atoms. The Morgan fingerprint density at radius 1 is 1.47 bits per heavy atom. The van der Waals surface area contributed by atoms with Gasteiger partial charge in [-0.15, -0.1) is 0 Å². The highest BCUT2D eigenvalue weighted by molar-refractivity contribution is 5.89. The van der Waals surface area contributed by atoms with Crippen LogP contribution in [-0.4, -0.2) is 24.2 Å². The Balaban J connectivity index is 2.23. The minimum absolute atomic E-state index is 0.301. The van der Waals surface area contributed by atoms with Crippen LogP contribution in [0.1, 0.15) is 41.6 Å². The van der Waals surface area contributed by atoms with E-state index in [9.17, 15) is 9.90 Å². The second-order valence-electron chi connectivity index (χ2n) is 4.79. The first-order chi connectivity index (χ1) is 8.20. The molecule has 3 nitrogen and oxygen atoms in total. The Morgan fingerprint density at radius 2 is 2.24 bits per heavy atom. The Bertz CT molecular complexity index is 397. The molecule has 0 aromatic heterocycles. The van der Waals surface area contributed by atoms with Crippen LogP contribution >= 0.6 is 0 Å². The lowest BCUT2D eigenvalue weighted by Gasteiger charge is -2.29. The molecule has 1 aliphatic rings. The van der Waals surface area contributed by atoms with Gasteiger partial charge in [-0.25, -0.2) is 4.79 Å². The molecule has 2 atom stereocenters. The van der Waals surface area contributed by atoms with E-state index in [-0.39, 0.29) is 0 Å². The van der Waals surface area contributed by atoms with Gasteiger partial charge in [-0.1, -0.05) is 25.1 Å². The number of aromatic carboxylic acids is 1. The lowest BCUT2D eigenvalue weighted by atomic mass is 9.81. The Hall–Kier alpha value is -1.35. The summed E-state index contributed by atoms with van der Waals surface area (Å²) in [5, 5.41) is 12.6. The number of nitrogens with one attached hydrogen (secondary N) is 1. The van der Waals surface area contributed by atoms with Crippen LogP contribution in [0, 0.1) is 5.92 Å². The van der Waals surface area contributed by atoms with E-state index in [2.05, 4.69) is 12.2 Å². The molecule has 1 aromatic rings. The molecule has 2 rings (SSSR count). The molecule has 2 N–H and O–H groups in total. The second-order valence-corrected chi connectivity index (χ2v) is 4.79. The number of benzene rings is 1. The summed E-state index contributed by atoms with van der Waals surface area (Å²) in [6.07, 6.45) is 2.37. The summed E-state index contributed by atoms with van der Waals surface area (Å²) < 4.78 is 0. The van der Waals surface area contributed by atoms with Crippen LogP contribution < -0.4 is 5.32 Å². The molecular weight excluding hydrogens is 214 g/mol. The fourth-order valence-corrected chi connectivity index (χ4v) is 2.65. The topological polar surface area (TPSA) is 49.3 Å². The average molecular weight is 233 g/mol. The van der Waals surface area contributed by atoms with Crippen LogP contribution in [0.3, 0.4) is 0 Å². The molecule has 0 saturated carbocycles. The normalized spacial score (nSPS) is 22.1. The van der Waals surface area contributed by atoms with Crippen LogP contribution in [0.15, 0.2) is 24.3 Å². The van der Waals surface area contributed by atoms with E-state index in [0.717, 1.165) is 18.7 Å². The minimum atomic E-state index is -0.823. The van der Waals surface area contributed by atoms with Gasteiger partial charge in [-0.3, -0.25) is 0 Å². The third-order valence-corrected chi connectivity index (χ3v) is 3.72. The molecule has 1 heterocycles. The molecule has 0 aliphatic carbocycles. The summed E-state index contributed by atoms with van der Waals surface area (Å²) in [7, 11) is 0. The average Bonchev–Trinajstić information content (AvgIpc) is 2.39. The van der Waals surface area contributed by atoms with E-state index in [4.69, 9.17) is 0 Å². The van der Waals surface area contributed by atoms with Crippen molar-refractivity contribution in [3.05, 3.63) is 35.4 Å². The summed E-state index contributed by atoms with van der Waals surface area (Å²) in [4.78, 5) is 11.2. The van der Waals surface area contributed by atoms with E-state index in [1.165, 1.54) is 12.8 Å². The lowest BCUT2D eigenvalue weighted by molar-refractivity contribution is 0.0694. The van der Waals surface area contributed by atoms with E-state index in [1.807, 2.05) is 12.1 Å². The largest absolute Gasteiger partial charge is 0.478 e. The molecule has 2 unspecified atom stereocenters. The maximum Gasteiger partial charge on any atom is 0.335 e. The third-order valence-electron chi connectivity index (χ3n) is 3.72. The zero-order chi connectivity index (χ0) is 12.3. The van der Waals surface area contributed by atoms with Crippen LogP contribution in [0.4, 0.5) is 0 Å². The van der Waals surface area contributed by atoms with E-state index in [0.29, 0.717) is 17.4 Å². The highest BCUT2D eigenvalue weighted by Crippen LogP contribution is 2.31. The fourth-order valence-electron chi connectivity index (χ4n) is 2.65. The van der Waals surface area contributed by atoms with Crippen molar-refractivity contribution < 1.29 is 9.90 Å². The first-order valence-corrected chi connectivity index (χ1v) is 6.23. The zero-order valence-corrected chi connectivity index (χ0v) is 10.1. The van der Waals surface area contributed by atoms with Crippen molar-refractivity contribution >= 4 is 5.97 Å². The van der Waals surface area contributed by atoms with Crippen molar-refractivity contribution in [3.63, 3.8) is 0 Å². The SMILES string of the molecule is CC(c1ccccc1C(=O)O)C1CCCNC1. The van der Waals surface area contributed by atoms with Crippen LogP contribution in [0.2, 0.25) is 0 Å². The Labute approximate surface area is 102 Å². The number of hydrogen-bond donors (Lipinski definition) is 2. The van der Waals surface area contributed by atoms with Gasteiger partial charge in [0, 0.05) is 0 Å². The van der Waals surface area contributed by atoms with Crippen LogP contribution in [0.25, 0.3) is 0 Å². The standard InChI is InChI=1S/C14H19NO2/c1-10(11-5-4-8-15-9-11)12-6-2-3-7-13(12)14(16)17/h2-3,6-7,10-11,15H,4-5,8-9H2,1H3,(H,16,17). The lowest BCUT2D eigenvalue weighted by Crippen LogP contribution is -2.32. The summed E-state index contributed by atoms with van der Waals surface area (Å²) in [5.41, 5.74) is 1.42. The quantitative estimate of drug-likeness (QED) is 0.843. The minimum Gasteiger partial charge on any atom is -0.478 e. The Morgan fingerprint density at radius 3 is 2.88 bits per heavy atom. The molecular formula is C14H19NO2. The summed E-state index contributed by atoms with van der Waals surface area (Å²) in [6.45, 7) is 4.22. The van der Waals surface area contributed by atoms with Gasteiger partial charge in [0.25, 0.3) is 0 Å². The highest BCUT2D eigenvalue weighted by Gasteiger charge is 2.24. The third kappa shape index (κ3) is 2.67. The van der Waals surface area contributed by atoms with Crippen LogP contribution in [0.5, 0.6) is 0 Å². The maximum absolute atomic E-state index is 11.2. The number of rotatable bonds is 3. The van der Waals surface area contributed by atoms with Crippen molar-refractivity contribution in [1.29, 1.82) is 0 Å². The first kappa shape index (κ1) is 12.1. The van der Waals surface area contributed by atoms with Gasteiger partial charge < -0.3 is 10.4 Å². The number of piperidine rings is 1. The van der Waals surface area contributed by atoms with Crippen LogP contribution in [-0.2, 0) is 0 Å². The van der Waals surface area contributed by atoms with Gasteiger partial charge in [0.2, 0.25) is 0 Å². The molecule has 1 aromatic carbocycles. The van der Waals surface area contributed by atoms with Gasteiger partial charge >= 0.3 is 5.97 Å². The highest BCUT2D eigenvalue weighted by atomic mass is 16.4. The Kier molecular flexibility index (Phi) is 3.79. The molecule has 1 aliphatic heterocycles. The van der Waals surface area contributed by atoms with Crippen molar-refractivity contribution in [3.8, 4) is 0 Å². The molecule has 1 fully saturated rings. The number of carboxylic acid groups (broad SMARTS) is 1. The molecule has 0 bridgehead atoms. The van der Waals surface area contributed by atoms with Crippen molar-refractivity contribution in [2.45, 2.75) is 25.7 Å². The summed E-state index contributed by atoms with van der Waals surface area (Å²) >= 11 is 0. The first-order valence-electron chi connectivity index (χ1n) is 6.23. The predicted molar refractivity (Wildman–Crippen MR) is 67.4 cm³/mol. The van der Waals surface area contributed by atoms with Gasteiger partial charge in [-0.05, 0) is 49.4 Å². The van der Waals surface area contributed by atoms with Gasteiger partial charge in [-0.2, -0.15) is 0 Å². The smallest absolute Gasteiger partial charge is 0.335 e. The molecule has 0 radical (unpaired) electrons. The summed E-state index contributed by atoms with van der Waals surface area (Å²) in [6, 6.07) is 7.36. The number of hydrogen-bond acceptors (Lipinski definition) is 2. The second kappa shape index (κ2) is 5.32. The fraction of sp³-hybridized carbons (Fsp3) is 0.500. The monoisotopic (exact) mass is 233 g/mol. The summed E-state index contributed by atoms with van der Waals surface area (Å²) in [5.74, 6) is 0.0237. The van der Waals surface area contributed by atoms with Crippen molar-refractivity contribution in [2.24, 2.45) is 5.92 Å². The van der Waals surface area contributed by atoms with E-state index >= 15 is 0 Å².